The van der Waals surface area contributed by atoms with Gasteiger partial charge in [0, 0.05) is 18.1 Å². The first-order valence-electron chi connectivity index (χ1n) is 6.84. The third-order valence-corrected chi connectivity index (χ3v) is 3.43. The molecule has 3 heterocycles. The summed E-state index contributed by atoms with van der Waals surface area (Å²) in [6.45, 7) is 0.620. The van der Waals surface area contributed by atoms with Gasteiger partial charge in [0.25, 0.3) is 0 Å². The van der Waals surface area contributed by atoms with Crippen LogP contribution in [0.4, 0.5) is 11.8 Å². The Morgan fingerprint density at radius 3 is 3.05 bits per heavy atom. The summed E-state index contributed by atoms with van der Waals surface area (Å²) in [6.07, 6.45) is 3.37. The lowest BCUT2D eigenvalue weighted by molar-refractivity contribution is 1.11. The van der Waals surface area contributed by atoms with E-state index in [1.165, 1.54) is 0 Å². The number of anilines is 2. The van der Waals surface area contributed by atoms with Crippen molar-refractivity contribution >= 4 is 33.8 Å². The fourth-order valence-electron chi connectivity index (χ4n) is 2.40. The number of pyridine rings is 1. The molecule has 7 heteroatoms. The van der Waals surface area contributed by atoms with Crippen LogP contribution < -0.4 is 11.1 Å². The number of fused-ring (bicyclic) bond motifs is 2. The molecule has 0 atom stereocenters. The molecule has 7 nitrogen and oxygen atoms in total. The number of imidazole rings is 1. The number of rotatable bonds is 3. The Morgan fingerprint density at radius 1 is 1.14 bits per heavy atom. The van der Waals surface area contributed by atoms with Crippen LogP contribution in [0.15, 0.2) is 42.9 Å². The molecule has 4 N–H and O–H groups in total. The largest absolute Gasteiger partial charge is 0.368 e. The maximum Gasteiger partial charge on any atom is 0.224 e. The Bertz CT molecular complexity index is 960. The van der Waals surface area contributed by atoms with Crippen molar-refractivity contribution in [3.8, 4) is 0 Å². The van der Waals surface area contributed by atoms with Gasteiger partial charge in [0.2, 0.25) is 5.95 Å². The number of nitrogens with zero attached hydrogens (tertiary/aromatic N) is 4. The Hall–Kier alpha value is -3.22. The van der Waals surface area contributed by atoms with E-state index in [0.29, 0.717) is 18.0 Å². The van der Waals surface area contributed by atoms with E-state index in [0.717, 1.165) is 22.0 Å². The van der Waals surface area contributed by atoms with Gasteiger partial charge in [-0.05, 0) is 23.8 Å². The van der Waals surface area contributed by atoms with Gasteiger partial charge in [0.05, 0.1) is 11.8 Å². The van der Waals surface area contributed by atoms with Crippen LogP contribution >= 0.6 is 0 Å². The van der Waals surface area contributed by atoms with Crippen LogP contribution in [0.3, 0.4) is 0 Å². The minimum absolute atomic E-state index is 0.199. The lowest BCUT2D eigenvalue weighted by atomic mass is 10.1. The standard InChI is InChI=1S/C15H13N7/c16-15-21-13(12-14(22-15)20-8-19-12)18-7-9-3-4-11-10(6-9)2-1-5-17-11/h1-6,8H,7H2,(H4,16,18,19,20,21,22). The highest BCUT2D eigenvalue weighted by Gasteiger charge is 2.08. The Labute approximate surface area is 125 Å². The second-order valence-corrected chi connectivity index (χ2v) is 4.92. The second kappa shape index (κ2) is 4.96. The Kier molecular flexibility index (Phi) is 2.82. The quantitative estimate of drug-likeness (QED) is 0.534. The lowest BCUT2D eigenvalue weighted by Crippen LogP contribution is -2.05. The average molecular weight is 291 g/mol. The monoisotopic (exact) mass is 291 g/mol. The zero-order valence-corrected chi connectivity index (χ0v) is 11.6. The van der Waals surface area contributed by atoms with E-state index in [1.54, 1.807) is 12.5 Å². The predicted octanol–water partition coefficient (Wildman–Crippen LogP) is 2.10. The maximum absolute atomic E-state index is 5.70. The van der Waals surface area contributed by atoms with Crippen LogP contribution in [-0.2, 0) is 6.54 Å². The van der Waals surface area contributed by atoms with E-state index < -0.39 is 0 Å². The summed E-state index contributed by atoms with van der Waals surface area (Å²) < 4.78 is 0. The van der Waals surface area contributed by atoms with E-state index in [2.05, 4.69) is 36.3 Å². The smallest absolute Gasteiger partial charge is 0.224 e. The van der Waals surface area contributed by atoms with Crippen LogP contribution in [-0.4, -0.2) is 24.9 Å². The maximum atomic E-state index is 5.70. The predicted molar refractivity (Wildman–Crippen MR) is 85.2 cm³/mol. The molecule has 0 saturated carbocycles. The van der Waals surface area contributed by atoms with Gasteiger partial charge in [-0.25, -0.2) is 4.98 Å². The first-order valence-corrected chi connectivity index (χ1v) is 6.84. The van der Waals surface area contributed by atoms with Gasteiger partial charge in [-0.3, -0.25) is 4.98 Å². The van der Waals surface area contributed by atoms with Crippen molar-refractivity contribution in [1.29, 1.82) is 0 Å². The molecule has 0 aliphatic heterocycles. The van der Waals surface area contributed by atoms with Gasteiger partial charge in [-0.2, -0.15) is 9.97 Å². The lowest BCUT2D eigenvalue weighted by Gasteiger charge is -2.08. The molecule has 0 unspecified atom stereocenters. The number of aromatic nitrogens is 5. The van der Waals surface area contributed by atoms with Gasteiger partial charge < -0.3 is 16.0 Å². The molecule has 0 fully saturated rings. The summed E-state index contributed by atoms with van der Waals surface area (Å²) in [4.78, 5) is 19.7. The number of benzene rings is 1. The molecular formula is C15H13N7. The van der Waals surface area contributed by atoms with Crippen molar-refractivity contribution in [2.24, 2.45) is 0 Å². The zero-order valence-electron chi connectivity index (χ0n) is 11.6. The summed E-state index contributed by atoms with van der Waals surface area (Å²) in [5.41, 5.74) is 9.11. The number of nitrogens with one attached hydrogen (secondary N) is 2. The number of hydrogen-bond acceptors (Lipinski definition) is 6. The van der Waals surface area contributed by atoms with Gasteiger partial charge in [-0.15, -0.1) is 0 Å². The van der Waals surface area contributed by atoms with E-state index in [-0.39, 0.29) is 5.95 Å². The van der Waals surface area contributed by atoms with Gasteiger partial charge in [-0.1, -0.05) is 12.1 Å². The van der Waals surface area contributed by atoms with E-state index in [4.69, 9.17) is 5.73 Å². The third kappa shape index (κ3) is 2.18. The third-order valence-electron chi connectivity index (χ3n) is 3.43. The molecule has 0 aliphatic carbocycles. The fourth-order valence-corrected chi connectivity index (χ4v) is 2.40. The van der Waals surface area contributed by atoms with E-state index in [9.17, 15) is 0 Å². The number of H-pyrrole nitrogens is 1. The highest BCUT2D eigenvalue weighted by Crippen LogP contribution is 2.19. The second-order valence-electron chi connectivity index (χ2n) is 4.92. The minimum Gasteiger partial charge on any atom is -0.368 e. The molecular weight excluding hydrogens is 278 g/mol. The molecule has 22 heavy (non-hydrogen) atoms. The summed E-state index contributed by atoms with van der Waals surface area (Å²) >= 11 is 0. The van der Waals surface area contributed by atoms with Crippen LogP contribution in [0.1, 0.15) is 5.56 Å². The highest BCUT2D eigenvalue weighted by molar-refractivity contribution is 5.83. The molecule has 108 valence electrons. The van der Waals surface area contributed by atoms with Crippen LogP contribution in [0.25, 0.3) is 22.1 Å². The molecule has 3 aromatic heterocycles. The number of hydrogen-bond donors (Lipinski definition) is 3. The normalized spacial score (nSPS) is 11.1. The molecule has 0 amide bonds. The molecule has 4 aromatic rings. The topological polar surface area (TPSA) is 105 Å². The fraction of sp³-hybridized carbons (Fsp3) is 0.0667. The van der Waals surface area contributed by atoms with Crippen molar-refractivity contribution in [3.05, 3.63) is 48.4 Å². The van der Waals surface area contributed by atoms with E-state index in [1.807, 2.05) is 24.3 Å². The molecule has 0 radical (unpaired) electrons. The van der Waals surface area contributed by atoms with Gasteiger partial charge in [0.15, 0.2) is 11.5 Å². The van der Waals surface area contributed by atoms with Gasteiger partial charge >= 0.3 is 0 Å². The summed E-state index contributed by atoms with van der Waals surface area (Å²) in [7, 11) is 0. The molecule has 4 rings (SSSR count). The SMILES string of the molecule is Nc1nc(NCc2ccc3ncccc3c2)c2[nH]cnc2n1. The van der Waals surface area contributed by atoms with E-state index >= 15 is 0 Å². The van der Waals surface area contributed by atoms with Gasteiger partial charge in [0.1, 0.15) is 5.52 Å². The highest BCUT2D eigenvalue weighted by atomic mass is 15.1. The van der Waals surface area contributed by atoms with Crippen molar-refractivity contribution in [2.75, 3.05) is 11.1 Å². The van der Waals surface area contributed by atoms with Crippen molar-refractivity contribution < 1.29 is 0 Å². The van der Waals surface area contributed by atoms with Crippen molar-refractivity contribution in [1.82, 2.24) is 24.9 Å². The molecule has 0 aliphatic rings. The number of nitrogen functional groups attached to an aromatic ring is 1. The summed E-state index contributed by atoms with van der Waals surface area (Å²) in [5.74, 6) is 0.844. The first-order chi connectivity index (χ1) is 10.8. The molecule has 0 bridgehead atoms. The molecule has 0 saturated heterocycles. The summed E-state index contributed by atoms with van der Waals surface area (Å²) in [5, 5.41) is 4.38. The first kappa shape index (κ1) is 12.5. The minimum atomic E-state index is 0.199. The zero-order chi connectivity index (χ0) is 14.9. The molecule has 1 aromatic carbocycles. The van der Waals surface area contributed by atoms with Crippen molar-refractivity contribution in [3.63, 3.8) is 0 Å². The Balaban J connectivity index is 1.63. The van der Waals surface area contributed by atoms with Crippen LogP contribution in [0.5, 0.6) is 0 Å². The average Bonchev–Trinajstić information content (AvgIpc) is 3.00. The van der Waals surface area contributed by atoms with Crippen molar-refractivity contribution in [2.45, 2.75) is 6.54 Å². The summed E-state index contributed by atoms with van der Waals surface area (Å²) in [6, 6.07) is 10.1. The molecule has 0 spiro atoms. The number of aromatic amines is 1. The van der Waals surface area contributed by atoms with Crippen LogP contribution in [0, 0.1) is 0 Å². The number of nitrogens with two attached hydrogens (primary N) is 1. The Morgan fingerprint density at radius 2 is 2.09 bits per heavy atom. The van der Waals surface area contributed by atoms with Crippen LogP contribution in [0.2, 0.25) is 0 Å².